The van der Waals surface area contributed by atoms with Gasteiger partial charge in [0.05, 0.1) is 11.8 Å². The van der Waals surface area contributed by atoms with Crippen molar-refractivity contribution >= 4 is 5.97 Å². The minimum Gasteiger partial charge on any atom is -0.478 e. The van der Waals surface area contributed by atoms with Crippen LogP contribution in [0.3, 0.4) is 0 Å². The van der Waals surface area contributed by atoms with Gasteiger partial charge in [0.1, 0.15) is 0 Å². The molecule has 1 unspecified atom stereocenters. The summed E-state index contributed by atoms with van der Waals surface area (Å²) in [6.45, 7) is 2.68. The highest BCUT2D eigenvalue weighted by Crippen LogP contribution is 2.12. The number of aryl methyl sites for hydroxylation is 1. The van der Waals surface area contributed by atoms with Crippen molar-refractivity contribution in [2.75, 3.05) is 0 Å². The monoisotopic (exact) mass is 259 g/mol. The van der Waals surface area contributed by atoms with Crippen molar-refractivity contribution in [3.63, 3.8) is 0 Å². The Morgan fingerprint density at radius 3 is 2.95 bits per heavy atom. The molecule has 0 radical (unpaired) electrons. The van der Waals surface area contributed by atoms with Gasteiger partial charge in [-0.15, -0.1) is 0 Å². The number of carboxylic acid groups (broad SMARTS) is 1. The van der Waals surface area contributed by atoms with Gasteiger partial charge in [-0.3, -0.25) is 4.68 Å². The molecule has 1 heterocycles. The van der Waals surface area contributed by atoms with E-state index in [4.69, 9.17) is 5.11 Å². The average molecular weight is 259 g/mol. The molecule has 0 saturated carbocycles. The van der Waals surface area contributed by atoms with E-state index in [0.717, 1.165) is 11.1 Å². The summed E-state index contributed by atoms with van der Waals surface area (Å²) in [6.07, 6.45) is 3.79. The minimum atomic E-state index is -0.901. The van der Waals surface area contributed by atoms with Crippen molar-refractivity contribution in [3.8, 4) is 0 Å². The van der Waals surface area contributed by atoms with Gasteiger partial charge >= 0.3 is 5.97 Å². The lowest BCUT2D eigenvalue weighted by atomic mass is 10.1. The molecule has 1 atom stereocenters. The summed E-state index contributed by atoms with van der Waals surface area (Å²) in [4.78, 5) is 10.9. The predicted octanol–water partition coefficient (Wildman–Crippen LogP) is 1.97. The second-order valence-electron chi connectivity index (χ2n) is 4.56. The van der Waals surface area contributed by atoms with Crippen LogP contribution in [0.2, 0.25) is 0 Å². The number of nitrogens with zero attached hydrogens (tertiary/aromatic N) is 2. The predicted molar refractivity (Wildman–Crippen MR) is 71.9 cm³/mol. The molecule has 0 spiro atoms. The summed E-state index contributed by atoms with van der Waals surface area (Å²) >= 11 is 0. The lowest BCUT2D eigenvalue weighted by Gasteiger charge is -2.12. The molecule has 100 valence electrons. The van der Waals surface area contributed by atoms with Gasteiger partial charge in [-0.25, -0.2) is 4.79 Å². The second-order valence-corrected chi connectivity index (χ2v) is 4.56. The van der Waals surface area contributed by atoms with Crippen LogP contribution in [0.25, 0.3) is 0 Å². The van der Waals surface area contributed by atoms with E-state index in [1.54, 1.807) is 22.9 Å². The minimum absolute atomic E-state index is 0.169. The Kier molecular flexibility index (Phi) is 3.97. The Bertz CT molecular complexity index is 578. The summed E-state index contributed by atoms with van der Waals surface area (Å²) in [7, 11) is 1.88. The van der Waals surface area contributed by atoms with E-state index in [1.807, 2.05) is 25.5 Å². The summed E-state index contributed by atoms with van der Waals surface area (Å²) in [5.74, 6) is -0.901. The SMILES string of the molecule is CC(NCc1cccc(C(=O)O)c1)c1cnn(C)c1. The first-order valence-electron chi connectivity index (χ1n) is 6.10. The zero-order valence-electron chi connectivity index (χ0n) is 11.0. The van der Waals surface area contributed by atoms with E-state index in [1.165, 1.54) is 0 Å². The van der Waals surface area contributed by atoms with E-state index in [2.05, 4.69) is 17.3 Å². The fourth-order valence-electron chi connectivity index (χ4n) is 1.87. The third-order valence-corrected chi connectivity index (χ3v) is 3.01. The summed E-state index contributed by atoms with van der Waals surface area (Å²) < 4.78 is 1.76. The maximum Gasteiger partial charge on any atom is 0.335 e. The number of aromatic nitrogens is 2. The molecule has 2 N–H and O–H groups in total. The van der Waals surface area contributed by atoms with Crippen LogP contribution in [0.5, 0.6) is 0 Å². The van der Waals surface area contributed by atoms with Gasteiger partial charge in [0.25, 0.3) is 0 Å². The van der Waals surface area contributed by atoms with Crippen molar-refractivity contribution in [3.05, 3.63) is 53.3 Å². The molecule has 1 aromatic heterocycles. The van der Waals surface area contributed by atoms with Crippen LogP contribution in [0.1, 0.15) is 34.5 Å². The number of aromatic carboxylic acids is 1. The van der Waals surface area contributed by atoms with E-state index >= 15 is 0 Å². The van der Waals surface area contributed by atoms with E-state index in [0.29, 0.717) is 12.1 Å². The normalized spacial score (nSPS) is 12.3. The third kappa shape index (κ3) is 3.42. The molecule has 0 aliphatic carbocycles. The molecule has 5 heteroatoms. The van der Waals surface area contributed by atoms with Crippen LogP contribution in [-0.2, 0) is 13.6 Å². The van der Waals surface area contributed by atoms with Crippen molar-refractivity contribution in [2.24, 2.45) is 7.05 Å². The maximum atomic E-state index is 10.9. The van der Waals surface area contributed by atoms with Crippen LogP contribution in [0.15, 0.2) is 36.7 Å². The van der Waals surface area contributed by atoms with Crippen LogP contribution < -0.4 is 5.32 Å². The molecule has 2 aromatic rings. The number of benzene rings is 1. The lowest BCUT2D eigenvalue weighted by molar-refractivity contribution is 0.0696. The lowest BCUT2D eigenvalue weighted by Crippen LogP contribution is -2.17. The van der Waals surface area contributed by atoms with Gasteiger partial charge in [-0.2, -0.15) is 5.10 Å². The molecular weight excluding hydrogens is 242 g/mol. The number of rotatable bonds is 5. The number of carboxylic acids is 1. The van der Waals surface area contributed by atoms with Crippen LogP contribution in [-0.4, -0.2) is 20.9 Å². The summed E-state index contributed by atoms with van der Waals surface area (Å²) in [6, 6.07) is 7.12. The molecule has 0 aliphatic heterocycles. The van der Waals surface area contributed by atoms with Crippen molar-refractivity contribution in [2.45, 2.75) is 19.5 Å². The second kappa shape index (κ2) is 5.67. The summed E-state index contributed by atoms with van der Waals surface area (Å²) in [5, 5.41) is 16.4. The van der Waals surface area contributed by atoms with Crippen LogP contribution >= 0.6 is 0 Å². The fraction of sp³-hybridized carbons (Fsp3) is 0.286. The number of hydrogen-bond acceptors (Lipinski definition) is 3. The smallest absolute Gasteiger partial charge is 0.335 e. The quantitative estimate of drug-likeness (QED) is 0.861. The highest BCUT2D eigenvalue weighted by Gasteiger charge is 2.08. The van der Waals surface area contributed by atoms with Crippen molar-refractivity contribution < 1.29 is 9.90 Å². The van der Waals surface area contributed by atoms with Crippen LogP contribution in [0, 0.1) is 0 Å². The molecule has 0 aliphatic rings. The molecule has 2 rings (SSSR count). The number of hydrogen-bond donors (Lipinski definition) is 2. The van der Waals surface area contributed by atoms with Crippen molar-refractivity contribution in [1.29, 1.82) is 0 Å². The zero-order valence-corrected chi connectivity index (χ0v) is 11.0. The number of nitrogens with one attached hydrogen (secondary N) is 1. The molecular formula is C14H17N3O2. The Labute approximate surface area is 111 Å². The maximum absolute atomic E-state index is 10.9. The molecule has 0 fully saturated rings. The highest BCUT2D eigenvalue weighted by atomic mass is 16.4. The zero-order chi connectivity index (χ0) is 13.8. The van der Waals surface area contributed by atoms with E-state index in [9.17, 15) is 4.79 Å². The van der Waals surface area contributed by atoms with E-state index in [-0.39, 0.29) is 6.04 Å². The van der Waals surface area contributed by atoms with E-state index < -0.39 is 5.97 Å². The van der Waals surface area contributed by atoms with Gasteiger partial charge in [-0.05, 0) is 24.6 Å². The molecule has 0 amide bonds. The van der Waals surface area contributed by atoms with Gasteiger partial charge < -0.3 is 10.4 Å². The molecule has 0 saturated heterocycles. The molecule has 0 bridgehead atoms. The third-order valence-electron chi connectivity index (χ3n) is 3.01. The summed E-state index contributed by atoms with van der Waals surface area (Å²) in [5.41, 5.74) is 2.38. The standard InChI is InChI=1S/C14H17N3O2/c1-10(13-8-16-17(2)9-13)15-7-11-4-3-5-12(6-11)14(18)19/h3-6,8-10,15H,7H2,1-2H3,(H,18,19). The topological polar surface area (TPSA) is 67.2 Å². The molecule has 19 heavy (non-hydrogen) atoms. The molecule has 5 nitrogen and oxygen atoms in total. The van der Waals surface area contributed by atoms with Crippen molar-refractivity contribution in [1.82, 2.24) is 15.1 Å². The first-order chi connectivity index (χ1) is 9.06. The molecule has 1 aromatic carbocycles. The Morgan fingerprint density at radius 1 is 1.53 bits per heavy atom. The fourth-order valence-corrected chi connectivity index (χ4v) is 1.87. The number of carbonyl (C=O) groups is 1. The van der Waals surface area contributed by atoms with Gasteiger partial charge in [0.15, 0.2) is 0 Å². The van der Waals surface area contributed by atoms with Gasteiger partial charge in [0, 0.05) is 31.4 Å². The highest BCUT2D eigenvalue weighted by molar-refractivity contribution is 5.87. The first-order valence-corrected chi connectivity index (χ1v) is 6.10. The first kappa shape index (κ1) is 13.3. The Hall–Kier alpha value is -2.14. The van der Waals surface area contributed by atoms with Gasteiger partial charge in [-0.1, -0.05) is 12.1 Å². The van der Waals surface area contributed by atoms with Gasteiger partial charge in [0.2, 0.25) is 0 Å². The largest absolute Gasteiger partial charge is 0.478 e. The van der Waals surface area contributed by atoms with Crippen LogP contribution in [0.4, 0.5) is 0 Å². The Morgan fingerprint density at radius 2 is 2.32 bits per heavy atom. The Balaban J connectivity index is 1.98. The average Bonchev–Trinajstić information content (AvgIpc) is 2.83.